The van der Waals surface area contributed by atoms with E-state index in [1.165, 1.54) is 251 Å². The van der Waals surface area contributed by atoms with E-state index in [1.807, 2.05) is 4.90 Å². The van der Waals surface area contributed by atoms with E-state index in [-0.39, 0.29) is 0 Å². The normalized spacial score (nSPS) is 11.9. The van der Waals surface area contributed by atoms with E-state index in [0.717, 1.165) is 0 Å². The van der Waals surface area contributed by atoms with Crippen molar-refractivity contribution in [2.24, 2.45) is 0 Å². The zero-order valence-corrected chi connectivity index (χ0v) is 51.2. The van der Waals surface area contributed by atoms with Crippen molar-refractivity contribution in [1.82, 2.24) is 0 Å². The first kappa shape index (κ1) is 77.7. The molecule has 22 heteroatoms. The van der Waals surface area contributed by atoms with E-state index in [0.29, 0.717) is 0 Å². The molecule has 0 fully saturated rings. The predicted octanol–water partition coefficient (Wildman–Crippen LogP) is 19.8. The van der Waals surface area contributed by atoms with E-state index in [1.54, 1.807) is 0 Å². The quantitative estimate of drug-likeness (QED) is 0.0148. The van der Waals surface area contributed by atoms with Crippen LogP contribution >= 0.6 is 0 Å². The molecule has 0 saturated heterocycles. The minimum Gasteiger partial charge on any atom is -0.335 e. The van der Waals surface area contributed by atoms with Gasteiger partial charge >= 0.3 is 0 Å². The molecule has 0 unspecified atom stereocenters. The molecule has 500 valence electrons. The van der Waals surface area contributed by atoms with Gasteiger partial charge in [0.15, 0.2) is 69.8 Å². The number of hydrogen-bond acceptors (Lipinski definition) is 0. The molecule has 88 heavy (non-hydrogen) atoms. The molecule has 0 atom stereocenters. The summed E-state index contributed by atoms with van der Waals surface area (Å²) in [4.78, 5) is 1.95. The van der Waals surface area contributed by atoms with Gasteiger partial charge in [0.05, 0.1) is 19.6 Å². The standard InChI is InChI=1S/C42H87N.C24BF20/c1-4-7-10-13-16-19-22-25-28-31-34-37-40-43(41-38-35-32-29-26-23-20-17-14-11-8-5-2)42-39-36-33-30-27-24-21-18-15-12-9-6-3;26-5-1(6(27)14(35)21(42)13(5)34)25(2-7(28)15(36)22(43)16(37)8(2)29,3-9(30)17(38)23(44)18(39)10(3)31)4-11(32)19(40)24(45)20(41)12(4)33/h4-42H2,1-3H3;/q;-1/p+1. The average molecular weight is 1290 g/mol. The number of quaternary nitrogens is 1. The smallest absolute Gasteiger partial charge is 0.200 e. The second kappa shape index (κ2) is 41.1. The third-order valence-corrected chi connectivity index (χ3v) is 16.9. The number of benzene rings is 4. The molecule has 1 nitrogen and oxygen atoms in total. The Kier molecular flexibility index (Phi) is 36.3. The van der Waals surface area contributed by atoms with Gasteiger partial charge in [0.2, 0.25) is 0 Å². The molecular weight excluding hydrogens is 1200 g/mol. The summed E-state index contributed by atoms with van der Waals surface area (Å²) in [6, 6.07) is 0. The van der Waals surface area contributed by atoms with Crippen LogP contribution in [0.4, 0.5) is 87.8 Å². The molecule has 0 heterocycles. The first-order chi connectivity index (χ1) is 42.0. The van der Waals surface area contributed by atoms with Crippen LogP contribution < -0.4 is 26.8 Å². The molecule has 0 aromatic heterocycles. The molecule has 4 aromatic rings. The Morgan fingerprint density at radius 3 is 0.420 bits per heavy atom. The van der Waals surface area contributed by atoms with E-state index >= 15 is 35.1 Å². The van der Waals surface area contributed by atoms with Gasteiger partial charge in [-0.2, -0.15) is 0 Å². The highest BCUT2D eigenvalue weighted by Crippen LogP contribution is 2.31. The van der Waals surface area contributed by atoms with Crippen LogP contribution in [0.2, 0.25) is 0 Å². The van der Waals surface area contributed by atoms with Gasteiger partial charge in [-0.1, -0.05) is 213 Å². The molecule has 0 amide bonds. The summed E-state index contributed by atoms with van der Waals surface area (Å²) in [5.74, 6) is -71.4. The molecule has 0 saturated carbocycles. The lowest BCUT2D eigenvalue weighted by atomic mass is 9.12. The van der Waals surface area contributed by atoms with E-state index in [4.69, 9.17) is 0 Å². The monoisotopic (exact) mass is 1290 g/mol. The first-order valence-electron chi connectivity index (χ1n) is 32.1. The van der Waals surface area contributed by atoms with Crippen molar-refractivity contribution in [2.45, 2.75) is 252 Å². The fraction of sp³-hybridized carbons (Fsp3) is 0.636. The molecule has 0 bridgehead atoms. The van der Waals surface area contributed by atoms with Crippen molar-refractivity contribution in [3.63, 3.8) is 0 Å². The Labute approximate surface area is 507 Å². The average Bonchev–Trinajstić information content (AvgIpc) is 0.698. The highest BCUT2D eigenvalue weighted by Gasteiger charge is 2.52. The third kappa shape index (κ3) is 21.3. The van der Waals surface area contributed by atoms with Crippen LogP contribution in [0.5, 0.6) is 0 Å². The van der Waals surface area contributed by atoms with Crippen LogP contribution in [0.3, 0.4) is 0 Å². The highest BCUT2D eigenvalue weighted by molar-refractivity contribution is 7.20. The minimum absolute atomic E-state index is 1.37. The zero-order valence-electron chi connectivity index (χ0n) is 51.2. The van der Waals surface area contributed by atoms with E-state index in [9.17, 15) is 52.7 Å². The highest BCUT2D eigenvalue weighted by atomic mass is 19.2. The van der Waals surface area contributed by atoms with Crippen LogP contribution in [0.25, 0.3) is 0 Å². The van der Waals surface area contributed by atoms with Crippen molar-refractivity contribution in [3.8, 4) is 0 Å². The van der Waals surface area contributed by atoms with Crippen LogP contribution in [-0.2, 0) is 0 Å². The number of unbranched alkanes of at least 4 members (excludes halogenated alkanes) is 33. The summed E-state index contributed by atoms with van der Waals surface area (Å²) in [5.41, 5.74) is -14.3. The van der Waals surface area contributed by atoms with Gasteiger partial charge in [0.25, 0.3) is 0 Å². The molecule has 4 aromatic carbocycles. The maximum absolute atomic E-state index is 15.4. The van der Waals surface area contributed by atoms with Crippen molar-refractivity contribution in [1.29, 1.82) is 0 Å². The molecular formula is C66H88BF20N. The minimum atomic E-state index is -7.22. The van der Waals surface area contributed by atoms with Gasteiger partial charge in [-0.25, -0.2) is 87.8 Å². The van der Waals surface area contributed by atoms with Crippen molar-refractivity contribution < 1.29 is 92.7 Å². The van der Waals surface area contributed by atoms with Gasteiger partial charge in [-0.05, 0) is 38.5 Å². The van der Waals surface area contributed by atoms with Gasteiger partial charge in [0.1, 0.15) is 52.7 Å². The van der Waals surface area contributed by atoms with Crippen LogP contribution in [0.15, 0.2) is 0 Å². The fourth-order valence-electron chi connectivity index (χ4n) is 11.9. The summed E-state index contributed by atoms with van der Waals surface area (Å²) in [7, 11) is 0. The topological polar surface area (TPSA) is 4.44 Å². The summed E-state index contributed by atoms with van der Waals surface area (Å²) in [5, 5.41) is 0. The molecule has 4 rings (SSSR count). The van der Waals surface area contributed by atoms with Gasteiger partial charge in [-0.15, -0.1) is 21.9 Å². The molecule has 0 aliphatic heterocycles. The van der Waals surface area contributed by atoms with Crippen LogP contribution in [0.1, 0.15) is 252 Å². The zero-order chi connectivity index (χ0) is 65.5. The Hall–Kier alpha value is -4.50. The number of halogens is 20. The lowest BCUT2D eigenvalue weighted by Crippen LogP contribution is -3.12. The molecule has 0 aliphatic rings. The van der Waals surface area contributed by atoms with Crippen molar-refractivity contribution in [3.05, 3.63) is 116 Å². The SMILES string of the molecule is CCCCCCCCCCCCCC[NH+](CCCCCCCCCCCCCC)CCCCCCCCCCCCCC.Fc1c(F)c(F)c([B-](c2c(F)c(F)c(F)c(F)c2F)(c2c(F)c(F)c(F)c(F)c2F)c2c(F)c(F)c(F)c(F)c2F)c(F)c1F. The molecule has 0 aliphatic carbocycles. The first-order valence-corrected chi connectivity index (χ1v) is 32.1. The fourth-order valence-corrected chi connectivity index (χ4v) is 11.9. The van der Waals surface area contributed by atoms with Crippen LogP contribution in [-0.4, -0.2) is 25.8 Å². The van der Waals surface area contributed by atoms with E-state index < -0.39 is 144 Å². The van der Waals surface area contributed by atoms with E-state index in [2.05, 4.69) is 20.8 Å². The lowest BCUT2D eigenvalue weighted by molar-refractivity contribution is -0.900. The number of rotatable bonds is 43. The Balaban J connectivity index is 0.000000461. The van der Waals surface area contributed by atoms with Crippen molar-refractivity contribution >= 4 is 28.0 Å². The molecule has 1 N–H and O–H groups in total. The number of nitrogens with one attached hydrogen (secondary N) is 1. The lowest BCUT2D eigenvalue weighted by Gasteiger charge is -2.44. The second-order valence-corrected chi connectivity index (χ2v) is 23.5. The third-order valence-electron chi connectivity index (χ3n) is 16.9. The van der Waals surface area contributed by atoms with Crippen LogP contribution in [0, 0.1) is 116 Å². The maximum Gasteiger partial charge on any atom is 0.200 e. The summed E-state index contributed by atoms with van der Waals surface area (Å²) in [6.45, 7) is 11.3. The summed E-state index contributed by atoms with van der Waals surface area (Å²) in [6.07, 6.45) is 45.7. The predicted molar refractivity (Wildman–Crippen MR) is 308 cm³/mol. The van der Waals surface area contributed by atoms with Crippen molar-refractivity contribution in [2.75, 3.05) is 19.6 Å². The van der Waals surface area contributed by atoms with Gasteiger partial charge in [0, 0.05) is 0 Å². The Bertz CT molecular complexity index is 2270. The maximum atomic E-state index is 15.4. The Morgan fingerprint density at radius 1 is 0.170 bits per heavy atom. The molecule has 0 radical (unpaired) electrons. The number of hydrogen-bond donors (Lipinski definition) is 1. The van der Waals surface area contributed by atoms with Gasteiger partial charge in [-0.3, -0.25) is 0 Å². The second-order valence-electron chi connectivity index (χ2n) is 23.5. The largest absolute Gasteiger partial charge is 0.335 e. The van der Waals surface area contributed by atoms with Gasteiger partial charge < -0.3 is 4.90 Å². The summed E-state index contributed by atoms with van der Waals surface area (Å²) < 4.78 is 294. The Morgan fingerprint density at radius 2 is 0.284 bits per heavy atom. The summed E-state index contributed by atoms with van der Waals surface area (Å²) >= 11 is 0. The molecule has 0 spiro atoms.